The van der Waals surface area contributed by atoms with Crippen LogP contribution in [0.25, 0.3) is 0 Å². The van der Waals surface area contributed by atoms with Crippen molar-refractivity contribution in [2.24, 2.45) is 11.8 Å². The zero-order valence-electron chi connectivity index (χ0n) is 20.5. The van der Waals surface area contributed by atoms with Gasteiger partial charge >= 0.3 is 5.97 Å². The summed E-state index contributed by atoms with van der Waals surface area (Å²) in [6, 6.07) is 0. The molecule has 33 heavy (non-hydrogen) atoms. The Hall–Kier alpha value is -0.990. The minimum Gasteiger partial charge on any atom is -0.481 e. The van der Waals surface area contributed by atoms with Crippen molar-refractivity contribution >= 4 is 5.97 Å². The van der Waals surface area contributed by atoms with E-state index in [1.54, 1.807) is 0 Å². The molecule has 2 saturated heterocycles. The standard InChI is InChI=1S/C26H44O7/c1-3-4-7-13-26(2,33-25-11-6-9-16-31-25)14-12-19-20(17-23(28)29)21(27)18-22(19)32-24-10-5-8-15-30-24/h12,14,19-22,24-25,27H,3-11,13,15-18H2,1-2H3,(H,28,29)/t19-,20-,21+,22-,24?,25?,26?/m1/s1. The Kier molecular flexibility index (Phi) is 10.6. The van der Waals surface area contributed by atoms with E-state index >= 15 is 0 Å². The van der Waals surface area contributed by atoms with Crippen molar-refractivity contribution < 1.29 is 34.0 Å². The molecule has 3 unspecified atom stereocenters. The smallest absolute Gasteiger partial charge is 0.303 e. The summed E-state index contributed by atoms with van der Waals surface area (Å²) in [5.74, 6) is -1.49. The quantitative estimate of drug-likeness (QED) is 0.314. The topological polar surface area (TPSA) is 94.5 Å². The number of hydrogen-bond donors (Lipinski definition) is 2. The number of carbonyl (C=O) groups is 1. The Bertz CT molecular complexity index is 612. The minimum absolute atomic E-state index is 0.0826. The number of carboxylic acids is 1. The summed E-state index contributed by atoms with van der Waals surface area (Å²) in [4.78, 5) is 11.5. The molecule has 2 N–H and O–H groups in total. The van der Waals surface area contributed by atoms with Crippen LogP contribution in [0.2, 0.25) is 0 Å². The average molecular weight is 469 g/mol. The van der Waals surface area contributed by atoms with Crippen LogP contribution in [0, 0.1) is 11.8 Å². The molecule has 3 fully saturated rings. The molecule has 7 nitrogen and oxygen atoms in total. The molecule has 0 aromatic rings. The maximum atomic E-state index is 11.5. The van der Waals surface area contributed by atoms with Gasteiger partial charge in [-0.05, 0) is 51.9 Å². The molecule has 1 aliphatic carbocycles. The van der Waals surface area contributed by atoms with E-state index in [0.717, 1.165) is 70.8 Å². The van der Waals surface area contributed by atoms with Crippen molar-refractivity contribution in [1.29, 1.82) is 0 Å². The lowest BCUT2D eigenvalue weighted by Gasteiger charge is -2.34. The summed E-state index contributed by atoms with van der Waals surface area (Å²) in [5.41, 5.74) is -0.510. The number of hydrogen-bond acceptors (Lipinski definition) is 6. The summed E-state index contributed by atoms with van der Waals surface area (Å²) in [6.07, 6.45) is 13.2. The summed E-state index contributed by atoms with van der Waals surface area (Å²) in [7, 11) is 0. The number of rotatable bonds is 12. The fourth-order valence-electron chi connectivity index (χ4n) is 5.33. The summed E-state index contributed by atoms with van der Waals surface area (Å²) in [6.45, 7) is 5.69. The average Bonchev–Trinajstić information content (AvgIpc) is 3.07. The molecule has 0 aromatic heterocycles. The Morgan fingerprint density at radius 1 is 1.09 bits per heavy atom. The minimum atomic E-state index is -0.899. The van der Waals surface area contributed by atoms with Crippen molar-refractivity contribution in [2.45, 2.75) is 121 Å². The van der Waals surface area contributed by atoms with Gasteiger partial charge in [-0.3, -0.25) is 4.79 Å². The van der Waals surface area contributed by atoms with E-state index in [0.29, 0.717) is 13.0 Å². The van der Waals surface area contributed by atoms with Gasteiger partial charge in [0.25, 0.3) is 0 Å². The first-order valence-corrected chi connectivity index (χ1v) is 13.1. The molecular formula is C26H44O7. The number of aliphatic carboxylic acids is 1. The van der Waals surface area contributed by atoms with Gasteiger partial charge in [-0.15, -0.1) is 0 Å². The first-order chi connectivity index (χ1) is 15.9. The van der Waals surface area contributed by atoms with Crippen molar-refractivity contribution in [3.63, 3.8) is 0 Å². The van der Waals surface area contributed by atoms with Gasteiger partial charge < -0.3 is 29.2 Å². The highest BCUT2D eigenvalue weighted by atomic mass is 16.7. The first kappa shape index (κ1) is 26.6. The largest absolute Gasteiger partial charge is 0.481 e. The highest BCUT2D eigenvalue weighted by Crippen LogP contribution is 2.40. The lowest BCUT2D eigenvalue weighted by Crippen LogP contribution is -2.36. The highest BCUT2D eigenvalue weighted by Gasteiger charge is 2.44. The molecule has 0 spiro atoms. The predicted molar refractivity (Wildman–Crippen MR) is 125 cm³/mol. The summed E-state index contributed by atoms with van der Waals surface area (Å²) in [5, 5.41) is 20.2. The van der Waals surface area contributed by atoms with Crippen molar-refractivity contribution in [3.8, 4) is 0 Å². The van der Waals surface area contributed by atoms with Crippen molar-refractivity contribution in [1.82, 2.24) is 0 Å². The van der Waals surface area contributed by atoms with Gasteiger partial charge in [0.15, 0.2) is 12.6 Å². The lowest BCUT2D eigenvalue weighted by molar-refractivity contribution is -0.208. The van der Waals surface area contributed by atoms with Gasteiger partial charge in [-0.25, -0.2) is 0 Å². The van der Waals surface area contributed by atoms with E-state index < -0.39 is 23.6 Å². The molecular weight excluding hydrogens is 424 g/mol. The molecule has 3 rings (SSSR count). The Labute approximate surface area is 198 Å². The van der Waals surface area contributed by atoms with E-state index in [9.17, 15) is 15.0 Å². The van der Waals surface area contributed by atoms with Crippen LogP contribution in [-0.2, 0) is 23.7 Å². The summed E-state index contributed by atoms with van der Waals surface area (Å²) < 4.78 is 24.3. The zero-order chi connectivity index (χ0) is 23.7. The normalized spacial score (nSPS) is 35.0. The third kappa shape index (κ3) is 8.32. The monoisotopic (exact) mass is 468 g/mol. The maximum Gasteiger partial charge on any atom is 0.303 e. The first-order valence-electron chi connectivity index (χ1n) is 13.1. The lowest BCUT2D eigenvalue weighted by atomic mass is 9.87. The molecule has 0 aromatic carbocycles. The Morgan fingerprint density at radius 3 is 2.39 bits per heavy atom. The van der Waals surface area contributed by atoms with E-state index in [2.05, 4.69) is 19.9 Å². The van der Waals surface area contributed by atoms with Crippen LogP contribution in [0.1, 0.15) is 90.9 Å². The number of ether oxygens (including phenoxy) is 4. The maximum absolute atomic E-state index is 11.5. The third-order valence-electron chi connectivity index (χ3n) is 7.25. The molecule has 2 aliphatic heterocycles. The molecule has 7 heteroatoms. The zero-order valence-corrected chi connectivity index (χ0v) is 20.5. The van der Waals surface area contributed by atoms with Crippen molar-refractivity contribution in [3.05, 3.63) is 12.2 Å². The van der Waals surface area contributed by atoms with Crippen LogP contribution in [0.5, 0.6) is 0 Å². The van der Waals surface area contributed by atoms with E-state index in [4.69, 9.17) is 18.9 Å². The van der Waals surface area contributed by atoms with Crippen LogP contribution in [0.3, 0.4) is 0 Å². The van der Waals surface area contributed by atoms with Gasteiger partial charge in [0.1, 0.15) is 0 Å². The predicted octanol–water partition coefficient (Wildman–Crippen LogP) is 4.81. The number of aliphatic hydroxyl groups is 1. The SMILES string of the molecule is CCCCCC(C)(C=C[C@@H]1[C@@H](CC(=O)O)[C@@H](O)C[C@H]1OC1CCCCO1)OC1CCCCO1. The number of aliphatic hydroxyl groups excluding tert-OH is 1. The van der Waals surface area contributed by atoms with Crippen LogP contribution < -0.4 is 0 Å². The van der Waals surface area contributed by atoms with Crippen LogP contribution in [0.15, 0.2) is 12.2 Å². The second kappa shape index (κ2) is 13.2. The van der Waals surface area contributed by atoms with E-state index in [1.165, 1.54) is 0 Å². The highest BCUT2D eigenvalue weighted by molar-refractivity contribution is 5.67. The number of unbranched alkanes of at least 4 members (excludes halogenated alkanes) is 2. The van der Waals surface area contributed by atoms with Gasteiger partial charge in [-0.1, -0.05) is 38.3 Å². The molecule has 190 valence electrons. The molecule has 7 atom stereocenters. The van der Waals surface area contributed by atoms with E-state index in [-0.39, 0.29) is 31.0 Å². The summed E-state index contributed by atoms with van der Waals surface area (Å²) >= 11 is 0. The second-order valence-electron chi connectivity index (χ2n) is 10.2. The molecule has 0 bridgehead atoms. The van der Waals surface area contributed by atoms with E-state index in [1.807, 2.05) is 6.08 Å². The van der Waals surface area contributed by atoms with Crippen LogP contribution in [-0.4, -0.2) is 59.8 Å². The molecule has 0 radical (unpaired) electrons. The second-order valence-corrected chi connectivity index (χ2v) is 10.2. The van der Waals surface area contributed by atoms with Gasteiger partial charge in [-0.2, -0.15) is 0 Å². The third-order valence-corrected chi connectivity index (χ3v) is 7.25. The van der Waals surface area contributed by atoms with Crippen LogP contribution >= 0.6 is 0 Å². The number of carboxylic acid groups (broad SMARTS) is 1. The van der Waals surface area contributed by atoms with Gasteiger partial charge in [0.2, 0.25) is 0 Å². The Balaban J connectivity index is 1.75. The van der Waals surface area contributed by atoms with Gasteiger partial charge in [0, 0.05) is 31.5 Å². The van der Waals surface area contributed by atoms with Crippen molar-refractivity contribution in [2.75, 3.05) is 13.2 Å². The van der Waals surface area contributed by atoms with Gasteiger partial charge in [0.05, 0.1) is 24.2 Å². The Morgan fingerprint density at radius 2 is 1.79 bits per heavy atom. The molecule has 2 heterocycles. The fraction of sp³-hybridized carbons (Fsp3) is 0.885. The molecule has 1 saturated carbocycles. The molecule has 3 aliphatic rings. The van der Waals surface area contributed by atoms with Crippen LogP contribution in [0.4, 0.5) is 0 Å². The fourth-order valence-corrected chi connectivity index (χ4v) is 5.33. The molecule has 0 amide bonds.